The van der Waals surface area contributed by atoms with E-state index in [9.17, 15) is 4.79 Å². The Morgan fingerprint density at radius 2 is 2.00 bits per heavy atom. The summed E-state index contributed by atoms with van der Waals surface area (Å²) in [6, 6.07) is 13.1. The number of hydrogen-bond donors (Lipinski definition) is 1. The number of ether oxygens (including phenoxy) is 2. The Balaban J connectivity index is 1.47. The van der Waals surface area contributed by atoms with Crippen LogP contribution in [0.15, 0.2) is 48.8 Å². The average Bonchev–Trinajstić information content (AvgIpc) is 3.50. The second-order valence-corrected chi connectivity index (χ2v) is 10.8. The molecular weight excluding hydrogens is 527 g/mol. The van der Waals surface area contributed by atoms with Crippen LogP contribution in [-0.4, -0.2) is 42.8 Å². The monoisotopic (exact) mass is 554 g/mol. The van der Waals surface area contributed by atoms with Gasteiger partial charge in [0, 0.05) is 10.6 Å². The van der Waals surface area contributed by atoms with Gasteiger partial charge in [0.2, 0.25) is 5.88 Å². The molecule has 38 heavy (non-hydrogen) atoms. The van der Waals surface area contributed by atoms with E-state index >= 15 is 0 Å². The number of fused-ring (bicyclic) bond motifs is 1. The van der Waals surface area contributed by atoms with Crippen LogP contribution in [0.25, 0.3) is 22.6 Å². The zero-order valence-electron chi connectivity index (χ0n) is 21.2. The van der Waals surface area contributed by atoms with Gasteiger partial charge in [-0.15, -0.1) is 0 Å². The zero-order chi connectivity index (χ0) is 26.9. The number of carboxylic acid groups (broad SMARTS) is 1. The van der Waals surface area contributed by atoms with Crippen molar-refractivity contribution in [1.29, 1.82) is 0 Å². The van der Waals surface area contributed by atoms with E-state index in [2.05, 4.69) is 16.9 Å². The number of halogens is 2. The molecule has 8 nitrogen and oxygen atoms in total. The van der Waals surface area contributed by atoms with Crippen LogP contribution in [0.1, 0.15) is 45.1 Å². The van der Waals surface area contributed by atoms with E-state index in [1.807, 2.05) is 41.0 Å². The van der Waals surface area contributed by atoms with Crippen LogP contribution < -0.4 is 9.47 Å². The standard InChI is InChI=1S/C28H28Cl2N4O4/c1-17(27(35)36)5-4-12-37-20-8-9-21(22(30)14-20)24-33-23-25(31-16-32-26(23)38-28(2)10-11-28)34(24)15-18-6-3-7-19(29)13-18/h3,6-9,13-14,16-17H,4-5,10-12,15H2,1-2H3,(H,35,36). The van der Waals surface area contributed by atoms with Crippen LogP contribution in [0.2, 0.25) is 10.0 Å². The van der Waals surface area contributed by atoms with Crippen LogP contribution in [0, 0.1) is 5.92 Å². The van der Waals surface area contributed by atoms with E-state index in [0.29, 0.717) is 70.2 Å². The molecule has 1 saturated carbocycles. The number of aliphatic carboxylic acids is 1. The third kappa shape index (κ3) is 5.87. The summed E-state index contributed by atoms with van der Waals surface area (Å²) in [5.41, 5.74) is 2.68. The largest absolute Gasteiger partial charge is 0.494 e. The highest BCUT2D eigenvalue weighted by Crippen LogP contribution is 2.41. The molecule has 2 aromatic heterocycles. The van der Waals surface area contributed by atoms with Gasteiger partial charge in [-0.3, -0.25) is 4.79 Å². The van der Waals surface area contributed by atoms with Gasteiger partial charge >= 0.3 is 5.97 Å². The van der Waals surface area contributed by atoms with Crippen LogP contribution in [0.5, 0.6) is 11.6 Å². The number of aromatic nitrogens is 4. The maximum Gasteiger partial charge on any atom is 0.306 e. The lowest BCUT2D eigenvalue weighted by Crippen LogP contribution is -2.13. The van der Waals surface area contributed by atoms with Gasteiger partial charge in [0.15, 0.2) is 11.2 Å². The van der Waals surface area contributed by atoms with Crippen molar-refractivity contribution < 1.29 is 19.4 Å². The first-order valence-electron chi connectivity index (χ1n) is 12.5. The summed E-state index contributed by atoms with van der Waals surface area (Å²) in [6.07, 6.45) is 4.60. The van der Waals surface area contributed by atoms with Gasteiger partial charge in [0.25, 0.3) is 0 Å². The molecule has 0 saturated heterocycles. The predicted molar refractivity (Wildman–Crippen MR) is 146 cm³/mol. The summed E-state index contributed by atoms with van der Waals surface area (Å²) in [5, 5.41) is 10.2. The molecule has 4 aromatic rings. The lowest BCUT2D eigenvalue weighted by Gasteiger charge is -2.13. The first-order chi connectivity index (χ1) is 18.2. The van der Waals surface area contributed by atoms with Gasteiger partial charge in [-0.1, -0.05) is 42.3 Å². The number of nitrogens with zero attached hydrogens (tertiary/aromatic N) is 4. The van der Waals surface area contributed by atoms with Crippen molar-refractivity contribution in [3.8, 4) is 23.0 Å². The fourth-order valence-corrected chi connectivity index (χ4v) is 4.61. The first-order valence-corrected chi connectivity index (χ1v) is 13.3. The third-order valence-corrected chi connectivity index (χ3v) is 7.23. The first kappa shape index (κ1) is 26.3. The number of carboxylic acids is 1. The fourth-order valence-electron chi connectivity index (χ4n) is 4.15. The van der Waals surface area contributed by atoms with Crippen molar-refractivity contribution in [3.05, 3.63) is 64.4 Å². The lowest BCUT2D eigenvalue weighted by molar-refractivity contribution is -0.141. The summed E-state index contributed by atoms with van der Waals surface area (Å²) >= 11 is 13.0. The minimum Gasteiger partial charge on any atom is -0.494 e. The zero-order valence-corrected chi connectivity index (χ0v) is 22.7. The van der Waals surface area contributed by atoms with Gasteiger partial charge in [-0.25, -0.2) is 9.97 Å². The van der Waals surface area contributed by atoms with Crippen LogP contribution in [0.3, 0.4) is 0 Å². The Labute approximate surface area is 230 Å². The van der Waals surface area contributed by atoms with Crippen molar-refractivity contribution in [2.24, 2.45) is 5.92 Å². The molecular formula is C28H28Cl2N4O4. The second-order valence-electron chi connectivity index (χ2n) is 9.93. The number of carbonyl (C=O) groups is 1. The molecule has 1 aliphatic carbocycles. The number of imidazole rings is 1. The fraction of sp³-hybridized carbons (Fsp3) is 0.357. The summed E-state index contributed by atoms with van der Waals surface area (Å²) < 4.78 is 14.0. The molecule has 2 aromatic carbocycles. The Morgan fingerprint density at radius 1 is 1.18 bits per heavy atom. The Bertz CT molecular complexity index is 1490. The number of hydrogen-bond acceptors (Lipinski definition) is 6. The predicted octanol–water partition coefficient (Wildman–Crippen LogP) is 6.66. The highest BCUT2D eigenvalue weighted by atomic mass is 35.5. The smallest absolute Gasteiger partial charge is 0.306 e. The second kappa shape index (κ2) is 10.8. The average molecular weight is 555 g/mol. The van der Waals surface area contributed by atoms with Crippen molar-refractivity contribution in [3.63, 3.8) is 0 Å². The maximum absolute atomic E-state index is 11.0. The van der Waals surface area contributed by atoms with E-state index in [-0.39, 0.29) is 5.60 Å². The molecule has 2 heterocycles. The van der Waals surface area contributed by atoms with E-state index in [0.717, 1.165) is 18.4 Å². The van der Waals surface area contributed by atoms with Gasteiger partial charge < -0.3 is 19.1 Å². The van der Waals surface area contributed by atoms with Gasteiger partial charge in [-0.05, 0) is 68.5 Å². The quantitative estimate of drug-likeness (QED) is 0.207. The molecule has 10 heteroatoms. The molecule has 198 valence electrons. The minimum atomic E-state index is -0.803. The number of rotatable bonds is 11. The van der Waals surface area contributed by atoms with E-state index < -0.39 is 11.9 Å². The summed E-state index contributed by atoms with van der Waals surface area (Å²) in [7, 11) is 0. The molecule has 0 radical (unpaired) electrons. The molecule has 1 unspecified atom stereocenters. The van der Waals surface area contributed by atoms with Crippen molar-refractivity contribution in [2.45, 2.75) is 51.7 Å². The molecule has 0 bridgehead atoms. The lowest BCUT2D eigenvalue weighted by atomic mass is 10.1. The van der Waals surface area contributed by atoms with Crippen molar-refractivity contribution >= 4 is 40.3 Å². The summed E-state index contributed by atoms with van der Waals surface area (Å²) in [6.45, 7) is 4.62. The van der Waals surface area contributed by atoms with E-state index in [4.69, 9.17) is 42.8 Å². The van der Waals surface area contributed by atoms with E-state index in [1.54, 1.807) is 13.0 Å². The molecule has 1 atom stereocenters. The van der Waals surface area contributed by atoms with Crippen LogP contribution in [-0.2, 0) is 11.3 Å². The van der Waals surface area contributed by atoms with E-state index in [1.165, 1.54) is 6.33 Å². The number of benzene rings is 2. The molecule has 1 aliphatic rings. The molecule has 1 N–H and O–H groups in total. The molecule has 0 spiro atoms. The third-order valence-electron chi connectivity index (χ3n) is 6.68. The topological polar surface area (TPSA) is 99.4 Å². The highest BCUT2D eigenvalue weighted by Gasteiger charge is 2.41. The van der Waals surface area contributed by atoms with Crippen molar-refractivity contribution in [1.82, 2.24) is 19.5 Å². The molecule has 0 amide bonds. The summed E-state index contributed by atoms with van der Waals surface area (Å²) in [5.74, 6) is 0.467. The molecule has 0 aliphatic heterocycles. The SMILES string of the molecule is CC(CCCOc1ccc(-c2nc3c(OC4(C)CC4)ncnc3n2Cc2cccc(Cl)c2)c(Cl)c1)C(=O)O. The highest BCUT2D eigenvalue weighted by molar-refractivity contribution is 6.33. The van der Waals surface area contributed by atoms with Crippen LogP contribution in [0.4, 0.5) is 0 Å². The molecule has 1 fully saturated rings. The molecule has 5 rings (SSSR count). The Kier molecular flexibility index (Phi) is 7.45. The van der Waals surface area contributed by atoms with Gasteiger partial charge in [0.1, 0.15) is 23.5 Å². The summed E-state index contributed by atoms with van der Waals surface area (Å²) in [4.78, 5) is 24.9. The van der Waals surface area contributed by atoms with Crippen LogP contribution >= 0.6 is 23.2 Å². The van der Waals surface area contributed by atoms with Crippen molar-refractivity contribution in [2.75, 3.05) is 6.61 Å². The normalized spacial score (nSPS) is 14.8. The van der Waals surface area contributed by atoms with Gasteiger partial charge in [0.05, 0.1) is 24.1 Å². The Hall–Kier alpha value is -3.36. The Morgan fingerprint density at radius 3 is 2.71 bits per heavy atom. The maximum atomic E-state index is 11.0. The van der Waals surface area contributed by atoms with Gasteiger partial charge in [-0.2, -0.15) is 4.98 Å². The minimum absolute atomic E-state index is 0.225.